The van der Waals surface area contributed by atoms with Crippen molar-refractivity contribution in [1.29, 1.82) is 0 Å². The van der Waals surface area contributed by atoms with E-state index in [0.717, 1.165) is 10.0 Å². The molecule has 1 amide bonds. The van der Waals surface area contributed by atoms with Crippen LogP contribution in [-0.2, 0) is 9.63 Å². The van der Waals surface area contributed by atoms with E-state index >= 15 is 0 Å². The highest BCUT2D eigenvalue weighted by Crippen LogP contribution is 2.16. The largest absolute Gasteiger partial charge is 0.383 e. The summed E-state index contributed by atoms with van der Waals surface area (Å²) < 4.78 is 0.901. The van der Waals surface area contributed by atoms with E-state index in [-0.39, 0.29) is 5.91 Å². The zero-order valence-electron chi connectivity index (χ0n) is 11.8. The van der Waals surface area contributed by atoms with Crippen LogP contribution in [0.15, 0.2) is 58.2 Å². The van der Waals surface area contributed by atoms with Crippen molar-refractivity contribution in [1.82, 2.24) is 0 Å². The molecule has 0 unspecified atom stereocenters. The number of rotatable bonds is 5. The van der Waals surface area contributed by atoms with E-state index < -0.39 is 6.10 Å². The second-order valence-corrected chi connectivity index (χ2v) is 5.79. The fraction of sp³-hybridized carbons (Fsp3) is 0.125. The lowest BCUT2D eigenvalue weighted by atomic mass is 10.2. The van der Waals surface area contributed by atoms with Gasteiger partial charge in [0, 0.05) is 20.7 Å². The normalized spacial score (nSPS) is 12.1. The van der Waals surface area contributed by atoms with Crippen LogP contribution in [0.2, 0.25) is 5.02 Å². The monoisotopic (exact) mass is 380 g/mol. The number of nitrogens with one attached hydrogen (secondary N) is 1. The molecule has 0 aliphatic carbocycles. The fourth-order valence-corrected chi connectivity index (χ4v) is 2.19. The molecule has 2 rings (SSSR count). The maximum Gasteiger partial charge on any atom is 0.267 e. The van der Waals surface area contributed by atoms with Crippen LogP contribution in [0.3, 0.4) is 0 Å². The van der Waals surface area contributed by atoms with Crippen LogP contribution in [0.5, 0.6) is 0 Å². The number of carbonyl (C=O) groups is 1. The van der Waals surface area contributed by atoms with Crippen LogP contribution < -0.4 is 5.32 Å². The van der Waals surface area contributed by atoms with Gasteiger partial charge in [0.15, 0.2) is 0 Å². The molecule has 0 saturated heterocycles. The molecule has 0 radical (unpaired) electrons. The molecule has 0 saturated carbocycles. The van der Waals surface area contributed by atoms with Gasteiger partial charge in [-0.25, -0.2) is 0 Å². The van der Waals surface area contributed by atoms with Crippen LogP contribution >= 0.6 is 27.5 Å². The molecule has 0 heterocycles. The summed E-state index contributed by atoms with van der Waals surface area (Å²) in [5.74, 6) is -0.299. The van der Waals surface area contributed by atoms with Crippen molar-refractivity contribution in [3.63, 3.8) is 0 Å². The van der Waals surface area contributed by atoms with Crippen molar-refractivity contribution < 1.29 is 9.63 Å². The molecule has 0 bridgehead atoms. The highest BCUT2D eigenvalue weighted by molar-refractivity contribution is 9.10. The molecule has 4 nitrogen and oxygen atoms in total. The Balaban J connectivity index is 1.90. The van der Waals surface area contributed by atoms with E-state index in [9.17, 15) is 4.79 Å². The average Bonchev–Trinajstić information content (AvgIpc) is 2.49. The van der Waals surface area contributed by atoms with Crippen LogP contribution in [0, 0.1) is 0 Å². The number of halogens is 2. The Kier molecular flexibility index (Phi) is 5.98. The van der Waals surface area contributed by atoms with Crippen LogP contribution in [0.1, 0.15) is 12.5 Å². The first-order valence-electron chi connectivity index (χ1n) is 6.56. The highest BCUT2D eigenvalue weighted by atomic mass is 79.9. The minimum atomic E-state index is -0.724. The van der Waals surface area contributed by atoms with E-state index in [0.29, 0.717) is 10.7 Å². The van der Waals surface area contributed by atoms with E-state index in [1.54, 1.807) is 37.4 Å². The Morgan fingerprint density at radius 2 is 2.09 bits per heavy atom. The zero-order chi connectivity index (χ0) is 15.9. The third kappa shape index (κ3) is 4.86. The van der Waals surface area contributed by atoms with Gasteiger partial charge < -0.3 is 10.2 Å². The highest BCUT2D eigenvalue weighted by Gasteiger charge is 2.14. The minimum Gasteiger partial charge on any atom is -0.383 e. The first kappa shape index (κ1) is 16.5. The quantitative estimate of drug-likeness (QED) is 0.613. The number of benzene rings is 2. The van der Waals surface area contributed by atoms with E-state index in [2.05, 4.69) is 26.4 Å². The van der Waals surface area contributed by atoms with Gasteiger partial charge in [0.1, 0.15) is 0 Å². The number of anilines is 1. The maximum absolute atomic E-state index is 12.0. The molecular formula is C16H14BrClN2O2. The molecule has 0 aliphatic rings. The molecule has 1 N–H and O–H groups in total. The summed E-state index contributed by atoms with van der Waals surface area (Å²) in [5, 5.41) is 7.11. The molecular weight excluding hydrogens is 368 g/mol. The van der Waals surface area contributed by atoms with E-state index in [4.69, 9.17) is 16.4 Å². The number of amides is 1. The maximum atomic E-state index is 12.0. The summed E-state index contributed by atoms with van der Waals surface area (Å²) in [5.41, 5.74) is 1.48. The first-order valence-corrected chi connectivity index (χ1v) is 7.73. The summed E-state index contributed by atoms with van der Waals surface area (Å²) in [7, 11) is 0. The third-order valence-electron chi connectivity index (χ3n) is 2.78. The molecule has 2 aromatic carbocycles. The fourth-order valence-electron chi connectivity index (χ4n) is 1.62. The van der Waals surface area contributed by atoms with Crippen molar-refractivity contribution in [3.05, 3.63) is 63.6 Å². The SMILES string of the molecule is C[C@@H](O/N=C\c1ccccc1Br)C(=O)Nc1cccc(Cl)c1. The number of nitrogens with zero attached hydrogens (tertiary/aromatic N) is 1. The van der Waals surface area contributed by atoms with Gasteiger partial charge in [0.25, 0.3) is 5.91 Å². The van der Waals surface area contributed by atoms with Crippen LogP contribution in [-0.4, -0.2) is 18.2 Å². The molecule has 1 atom stereocenters. The summed E-state index contributed by atoms with van der Waals surface area (Å²) >= 11 is 9.27. The van der Waals surface area contributed by atoms with E-state index in [1.807, 2.05) is 24.3 Å². The minimum absolute atomic E-state index is 0.299. The lowest BCUT2D eigenvalue weighted by Gasteiger charge is -2.10. The number of hydrogen-bond acceptors (Lipinski definition) is 3. The summed E-state index contributed by atoms with van der Waals surface area (Å²) in [4.78, 5) is 17.1. The smallest absolute Gasteiger partial charge is 0.267 e. The summed E-state index contributed by atoms with van der Waals surface area (Å²) in [6, 6.07) is 14.5. The predicted molar refractivity (Wildman–Crippen MR) is 92.4 cm³/mol. The lowest BCUT2D eigenvalue weighted by molar-refractivity contribution is -0.126. The van der Waals surface area contributed by atoms with Gasteiger partial charge in [-0.3, -0.25) is 4.79 Å². The zero-order valence-corrected chi connectivity index (χ0v) is 14.1. The Morgan fingerprint density at radius 3 is 2.82 bits per heavy atom. The number of oxime groups is 1. The standard InChI is InChI=1S/C16H14BrClN2O2/c1-11(16(21)20-14-7-4-6-13(18)9-14)22-19-10-12-5-2-3-8-15(12)17/h2-11H,1H3,(H,20,21)/b19-10-/t11-/m1/s1. The molecule has 6 heteroatoms. The Bertz CT molecular complexity index is 691. The molecule has 0 aromatic heterocycles. The summed E-state index contributed by atoms with van der Waals surface area (Å²) in [6.45, 7) is 1.62. The van der Waals surface area contributed by atoms with Gasteiger partial charge in [-0.05, 0) is 31.2 Å². The van der Waals surface area contributed by atoms with Crippen molar-refractivity contribution in [2.75, 3.05) is 5.32 Å². The van der Waals surface area contributed by atoms with Gasteiger partial charge in [0.2, 0.25) is 6.10 Å². The molecule has 2 aromatic rings. The van der Waals surface area contributed by atoms with E-state index in [1.165, 1.54) is 0 Å². The van der Waals surface area contributed by atoms with Crippen molar-refractivity contribution >= 4 is 45.3 Å². The second kappa shape index (κ2) is 7.96. The van der Waals surface area contributed by atoms with Gasteiger partial charge >= 0.3 is 0 Å². The Hall–Kier alpha value is -1.85. The van der Waals surface area contributed by atoms with Gasteiger partial charge in [-0.1, -0.05) is 57.0 Å². The van der Waals surface area contributed by atoms with Crippen molar-refractivity contribution in [2.24, 2.45) is 5.16 Å². The van der Waals surface area contributed by atoms with Gasteiger partial charge in [0.05, 0.1) is 6.21 Å². The number of hydrogen-bond donors (Lipinski definition) is 1. The average molecular weight is 382 g/mol. The topological polar surface area (TPSA) is 50.7 Å². The van der Waals surface area contributed by atoms with Gasteiger partial charge in [-0.15, -0.1) is 0 Å². The predicted octanol–water partition coefficient (Wildman–Crippen LogP) is 4.48. The van der Waals surface area contributed by atoms with Crippen molar-refractivity contribution in [2.45, 2.75) is 13.0 Å². The summed E-state index contributed by atoms with van der Waals surface area (Å²) in [6.07, 6.45) is 0.825. The number of carbonyl (C=O) groups excluding carboxylic acids is 1. The molecule has 0 aliphatic heterocycles. The Labute approximate surface area is 142 Å². The molecule has 0 spiro atoms. The molecule has 0 fully saturated rings. The van der Waals surface area contributed by atoms with Crippen molar-refractivity contribution in [3.8, 4) is 0 Å². The third-order valence-corrected chi connectivity index (χ3v) is 3.73. The molecule has 22 heavy (non-hydrogen) atoms. The second-order valence-electron chi connectivity index (χ2n) is 4.50. The first-order chi connectivity index (χ1) is 10.6. The Morgan fingerprint density at radius 1 is 1.32 bits per heavy atom. The molecule has 114 valence electrons. The lowest BCUT2D eigenvalue weighted by Crippen LogP contribution is -2.26. The van der Waals surface area contributed by atoms with Gasteiger partial charge in [-0.2, -0.15) is 0 Å². The van der Waals surface area contributed by atoms with Crippen LogP contribution in [0.4, 0.5) is 5.69 Å². The van der Waals surface area contributed by atoms with Crippen LogP contribution in [0.25, 0.3) is 0 Å².